The van der Waals surface area contributed by atoms with Crippen molar-refractivity contribution in [2.75, 3.05) is 18.4 Å². The van der Waals surface area contributed by atoms with Crippen LogP contribution < -0.4 is 11.1 Å². The molecule has 0 saturated carbocycles. The van der Waals surface area contributed by atoms with E-state index in [1.165, 1.54) is 17.0 Å². The zero-order chi connectivity index (χ0) is 22.0. The molecule has 3 aromatic rings. The van der Waals surface area contributed by atoms with Crippen LogP contribution in [0, 0.1) is 30.0 Å². The number of hydrogen-bond donors (Lipinski definition) is 2. The van der Waals surface area contributed by atoms with Crippen molar-refractivity contribution in [2.45, 2.75) is 25.9 Å². The van der Waals surface area contributed by atoms with E-state index >= 15 is 0 Å². The molecular weight excluding hydrogens is 417 g/mol. The number of benzene rings is 1. The van der Waals surface area contributed by atoms with Gasteiger partial charge in [-0.2, -0.15) is 10.4 Å². The highest BCUT2D eigenvalue weighted by molar-refractivity contribution is 7.11. The van der Waals surface area contributed by atoms with E-state index in [2.05, 4.69) is 26.4 Å². The lowest BCUT2D eigenvalue weighted by Crippen LogP contribution is -2.40. The normalized spacial score (nSPS) is 19.1. The number of nitrogens with zero attached hydrogens (tertiary/aromatic N) is 5. The number of piperidine rings is 1. The fourth-order valence-corrected chi connectivity index (χ4v) is 4.63. The Labute approximate surface area is 183 Å². The lowest BCUT2D eigenvalue weighted by Gasteiger charge is -2.35. The molecule has 4 rings (SSSR count). The quantitative estimate of drug-likeness (QED) is 0.610. The molecule has 1 fully saturated rings. The number of aromatic nitrogens is 3. The maximum Gasteiger partial charge on any atom is 0.254 e. The summed E-state index contributed by atoms with van der Waals surface area (Å²) in [6.07, 6.45) is 4.19. The highest BCUT2D eigenvalue weighted by atomic mass is 32.1. The number of nitrogens with two attached hydrogens (primary N) is 1. The van der Waals surface area contributed by atoms with Gasteiger partial charge in [-0.05, 0) is 37.6 Å². The highest BCUT2D eigenvalue weighted by Gasteiger charge is 2.32. The fourth-order valence-electron chi connectivity index (χ4n) is 3.80. The van der Waals surface area contributed by atoms with Crippen molar-refractivity contribution in [3.63, 3.8) is 0 Å². The van der Waals surface area contributed by atoms with E-state index in [4.69, 9.17) is 5.73 Å². The molecule has 2 aromatic heterocycles. The van der Waals surface area contributed by atoms with Crippen LogP contribution in [0.25, 0.3) is 0 Å². The van der Waals surface area contributed by atoms with Crippen molar-refractivity contribution < 1.29 is 9.18 Å². The molecule has 1 aromatic carbocycles. The van der Waals surface area contributed by atoms with E-state index in [9.17, 15) is 14.4 Å². The van der Waals surface area contributed by atoms with E-state index in [1.54, 1.807) is 34.3 Å². The van der Waals surface area contributed by atoms with Gasteiger partial charge in [-0.3, -0.25) is 14.4 Å². The number of rotatable bonds is 6. The van der Waals surface area contributed by atoms with Gasteiger partial charge in [0.05, 0.1) is 23.0 Å². The minimum Gasteiger partial charge on any atom is -0.365 e. The van der Waals surface area contributed by atoms with Crippen molar-refractivity contribution in [2.24, 2.45) is 11.7 Å². The van der Waals surface area contributed by atoms with Gasteiger partial charge in [-0.15, -0.1) is 11.3 Å². The molecule has 0 spiro atoms. The Morgan fingerprint density at radius 2 is 2.19 bits per heavy atom. The molecule has 2 atom stereocenters. The first-order valence-electron chi connectivity index (χ1n) is 9.87. The Morgan fingerprint density at radius 1 is 1.42 bits per heavy atom. The van der Waals surface area contributed by atoms with Crippen molar-refractivity contribution in [3.8, 4) is 6.07 Å². The smallest absolute Gasteiger partial charge is 0.254 e. The summed E-state index contributed by atoms with van der Waals surface area (Å²) in [5.41, 5.74) is 6.35. The lowest BCUT2D eigenvalue weighted by atomic mass is 9.93. The summed E-state index contributed by atoms with van der Waals surface area (Å²) in [7, 11) is 0. The topological polar surface area (TPSA) is 113 Å². The Bertz CT molecular complexity index is 1120. The zero-order valence-electron chi connectivity index (χ0n) is 17.0. The SMILES string of the molecule is Cc1ncc(CN2CC[C@H](n3cc(C(N)=O)c(Nc4ccc(F)cc4)n3)[C@@H](C#N)C2)s1. The monoisotopic (exact) mass is 439 g/mol. The standard InChI is InChI=1S/C21H22FN7OS/c1-13-25-9-17(31-13)11-28-7-6-19(14(8-23)10-28)29-12-18(20(24)30)21(27-29)26-16-4-2-15(22)3-5-16/h2-5,9,12,14,19H,6-7,10-11H2,1H3,(H2,24,30)(H,26,27)/t14-,19-/m0/s1. The summed E-state index contributed by atoms with van der Waals surface area (Å²) in [5, 5.41) is 18.3. The van der Waals surface area contributed by atoms with Gasteiger partial charge in [-0.1, -0.05) is 0 Å². The number of aryl methyl sites for hydroxylation is 1. The summed E-state index contributed by atoms with van der Waals surface area (Å²) in [6, 6.07) is 7.95. The minimum absolute atomic E-state index is 0.175. The van der Waals surface area contributed by atoms with Gasteiger partial charge in [-0.25, -0.2) is 9.37 Å². The number of thiazole rings is 1. The molecule has 0 bridgehead atoms. The Kier molecular flexibility index (Phi) is 5.97. The molecule has 0 unspecified atom stereocenters. The third-order valence-corrected chi connectivity index (χ3v) is 6.22. The van der Waals surface area contributed by atoms with Gasteiger partial charge in [0.1, 0.15) is 11.4 Å². The molecule has 8 nitrogen and oxygen atoms in total. The number of nitrogens with one attached hydrogen (secondary N) is 1. The number of anilines is 2. The maximum atomic E-state index is 13.2. The van der Waals surface area contributed by atoms with Gasteiger partial charge < -0.3 is 11.1 Å². The number of hydrogen-bond acceptors (Lipinski definition) is 7. The van der Waals surface area contributed by atoms with E-state index in [-0.39, 0.29) is 23.3 Å². The number of halogens is 1. The van der Waals surface area contributed by atoms with Crippen LogP contribution in [0.2, 0.25) is 0 Å². The molecule has 1 aliphatic heterocycles. The third-order valence-electron chi connectivity index (χ3n) is 5.32. The van der Waals surface area contributed by atoms with Crippen LogP contribution in [0.15, 0.2) is 36.7 Å². The summed E-state index contributed by atoms with van der Waals surface area (Å²) in [4.78, 5) is 19.7. The fraction of sp³-hybridized carbons (Fsp3) is 0.333. The second-order valence-electron chi connectivity index (χ2n) is 7.54. The maximum absolute atomic E-state index is 13.2. The van der Waals surface area contributed by atoms with Crippen LogP contribution in [-0.4, -0.2) is 38.7 Å². The van der Waals surface area contributed by atoms with Crippen molar-refractivity contribution >= 4 is 28.7 Å². The summed E-state index contributed by atoms with van der Waals surface area (Å²) < 4.78 is 14.8. The molecule has 0 radical (unpaired) electrons. The number of nitriles is 1. The van der Waals surface area contributed by atoms with E-state index < -0.39 is 5.91 Å². The second-order valence-corrected chi connectivity index (χ2v) is 8.86. The molecular formula is C21H22FN7OS. The lowest BCUT2D eigenvalue weighted by molar-refractivity contribution is 0.100. The van der Waals surface area contributed by atoms with Crippen molar-refractivity contribution in [3.05, 3.63) is 57.9 Å². The van der Waals surface area contributed by atoms with Gasteiger partial charge in [0, 0.05) is 42.6 Å². The summed E-state index contributed by atoms with van der Waals surface area (Å²) >= 11 is 1.66. The molecule has 10 heteroatoms. The number of likely N-dealkylation sites (tertiary alicyclic amines) is 1. The van der Waals surface area contributed by atoms with E-state index in [0.717, 1.165) is 18.1 Å². The molecule has 0 aliphatic carbocycles. The predicted molar refractivity (Wildman–Crippen MR) is 115 cm³/mol. The summed E-state index contributed by atoms with van der Waals surface area (Å²) in [5.74, 6) is -0.980. The molecule has 1 saturated heterocycles. The number of primary amides is 1. The molecule has 1 aliphatic rings. The van der Waals surface area contributed by atoms with Gasteiger partial charge >= 0.3 is 0 Å². The van der Waals surface area contributed by atoms with Crippen molar-refractivity contribution in [1.82, 2.24) is 19.7 Å². The molecule has 1 amide bonds. The molecule has 3 heterocycles. The first kappa shape index (κ1) is 21.0. The van der Waals surface area contributed by atoms with Crippen LogP contribution >= 0.6 is 11.3 Å². The van der Waals surface area contributed by atoms with E-state index in [0.29, 0.717) is 24.5 Å². The van der Waals surface area contributed by atoms with Crippen LogP contribution in [-0.2, 0) is 6.54 Å². The molecule has 160 valence electrons. The second kappa shape index (κ2) is 8.83. The minimum atomic E-state index is -0.623. The number of amides is 1. The first-order chi connectivity index (χ1) is 14.9. The Hall–Kier alpha value is -3.29. The Balaban J connectivity index is 1.52. The van der Waals surface area contributed by atoms with Crippen LogP contribution in [0.4, 0.5) is 15.9 Å². The molecule has 3 N–H and O–H groups in total. The number of carbonyl (C=O) groups is 1. The third kappa shape index (κ3) is 4.73. The average Bonchev–Trinajstić information content (AvgIpc) is 3.35. The van der Waals surface area contributed by atoms with Gasteiger partial charge in [0.15, 0.2) is 5.82 Å². The predicted octanol–water partition coefficient (Wildman–Crippen LogP) is 3.22. The van der Waals surface area contributed by atoms with Crippen LogP contribution in [0.1, 0.15) is 32.7 Å². The van der Waals surface area contributed by atoms with E-state index in [1.807, 2.05) is 13.1 Å². The van der Waals surface area contributed by atoms with Gasteiger partial charge in [0.2, 0.25) is 0 Å². The summed E-state index contributed by atoms with van der Waals surface area (Å²) in [6.45, 7) is 4.14. The van der Waals surface area contributed by atoms with Crippen LogP contribution in [0.5, 0.6) is 0 Å². The Morgan fingerprint density at radius 3 is 2.84 bits per heavy atom. The number of carbonyl (C=O) groups excluding carboxylic acids is 1. The first-order valence-corrected chi connectivity index (χ1v) is 10.7. The van der Waals surface area contributed by atoms with Crippen molar-refractivity contribution in [1.29, 1.82) is 5.26 Å². The highest BCUT2D eigenvalue weighted by Crippen LogP contribution is 2.31. The largest absolute Gasteiger partial charge is 0.365 e. The zero-order valence-corrected chi connectivity index (χ0v) is 17.8. The van der Waals surface area contributed by atoms with Crippen LogP contribution in [0.3, 0.4) is 0 Å². The molecule has 31 heavy (non-hydrogen) atoms. The average molecular weight is 440 g/mol. The van der Waals surface area contributed by atoms with Gasteiger partial charge in [0.25, 0.3) is 5.91 Å².